The lowest BCUT2D eigenvalue weighted by molar-refractivity contribution is 0.105. The zero-order valence-electron chi connectivity index (χ0n) is 23.5. The van der Waals surface area contributed by atoms with Gasteiger partial charge in [0.05, 0.1) is 17.7 Å². The first kappa shape index (κ1) is 29.1. The van der Waals surface area contributed by atoms with Crippen LogP contribution in [0.25, 0.3) is 0 Å². The number of rotatable bonds is 12. The lowest BCUT2D eigenvalue weighted by atomic mass is 9.96. The van der Waals surface area contributed by atoms with Crippen molar-refractivity contribution in [3.63, 3.8) is 0 Å². The Morgan fingerprint density at radius 3 is 2.26 bits per heavy atom. The van der Waals surface area contributed by atoms with E-state index in [0.717, 1.165) is 80.7 Å². The summed E-state index contributed by atoms with van der Waals surface area (Å²) in [6.07, 6.45) is 0. The van der Waals surface area contributed by atoms with Gasteiger partial charge in [-0.3, -0.25) is 9.80 Å². The molecule has 7 heteroatoms. The molecule has 1 unspecified atom stereocenters. The molecule has 0 bridgehead atoms. The van der Waals surface area contributed by atoms with Crippen LogP contribution in [-0.2, 0) is 6.54 Å². The maximum absolute atomic E-state index is 9.81. The van der Waals surface area contributed by atoms with Gasteiger partial charge in [0.1, 0.15) is 0 Å². The number of benzene rings is 3. The Bertz CT molecular complexity index is 1200. The molecule has 1 heterocycles. The maximum atomic E-state index is 9.81. The maximum Gasteiger partial charge on any atom is 0.0995 e. The summed E-state index contributed by atoms with van der Waals surface area (Å²) in [4.78, 5) is 9.67. The van der Waals surface area contributed by atoms with E-state index in [4.69, 9.17) is 11.6 Å². The van der Waals surface area contributed by atoms with Crippen LogP contribution in [0.3, 0.4) is 0 Å². The number of hydrogen-bond acceptors (Lipinski definition) is 6. The summed E-state index contributed by atoms with van der Waals surface area (Å²) in [6, 6.07) is 27.9. The van der Waals surface area contributed by atoms with Gasteiger partial charge in [-0.2, -0.15) is 5.26 Å². The fourth-order valence-electron chi connectivity index (χ4n) is 5.24. The third-order valence-corrected chi connectivity index (χ3v) is 7.93. The number of halogens is 1. The highest BCUT2D eigenvalue weighted by Crippen LogP contribution is 2.31. The van der Waals surface area contributed by atoms with Gasteiger partial charge < -0.3 is 15.1 Å². The van der Waals surface area contributed by atoms with Gasteiger partial charge in [-0.05, 0) is 61.1 Å². The molecule has 0 aliphatic carbocycles. The summed E-state index contributed by atoms with van der Waals surface area (Å²) in [5.41, 5.74) is 5.60. The molecule has 1 aliphatic rings. The third kappa shape index (κ3) is 8.04. The highest BCUT2D eigenvalue weighted by atomic mass is 35.5. The molecule has 0 saturated carbocycles. The Morgan fingerprint density at radius 1 is 0.897 bits per heavy atom. The molecule has 39 heavy (non-hydrogen) atoms. The first-order valence-corrected chi connectivity index (χ1v) is 14.2. The molecule has 3 aromatic rings. The van der Waals surface area contributed by atoms with Crippen molar-refractivity contribution in [2.75, 3.05) is 78.4 Å². The normalized spacial score (nSPS) is 15.3. The minimum absolute atomic E-state index is 0.198. The molecule has 1 fully saturated rings. The van der Waals surface area contributed by atoms with Crippen LogP contribution in [0.15, 0.2) is 72.8 Å². The average molecular weight is 545 g/mol. The van der Waals surface area contributed by atoms with Gasteiger partial charge >= 0.3 is 0 Å². The lowest BCUT2D eigenvalue weighted by Crippen LogP contribution is -2.47. The number of likely N-dealkylation sites (N-methyl/N-ethyl adjacent to an activating group) is 3. The largest absolute Gasteiger partial charge is 0.373 e. The number of piperazine rings is 1. The van der Waals surface area contributed by atoms with Crippen molar-refractivity contribution in [1.82, 2.24) is 20.0 Å². The zero-order valence-corrected chi connectivity index (χ0v) is 24.2. The van der Waals surface area contributed by atoms with Crippen molar-refractivity contribution >= 4 is 17.3 Å². The molecule has 1 N–H and O–H groups in total. The van der Waals surface area contributed by atoms with E-state index < -0.39 is 0 Å². The standard InChI is InChI=1S/C32H41ClN6/c1-35-15-16-36(2)17-18-37(3)31-14-11-28(24-34)29(23-31)25-38-19-21-39(22-20-38)32(26-7-5-4-6-8-26)27-9-12-30(33)13-10-27/h4-14,23,32,35H,15-22,25H2,1-3H3. The van der Waals surface area contributed by atoms with Gasteiger partial charge in [0.15, 0.2) is 0 Å². The molecule has 206 valence electrons. The van der Waals surface area contributed by atoms with E-state index in [1.165, 1.54) is 11.1 Å². The summed E-state index contributed by atoms with van der Waals surface area (Å²) >= 11 is 6.20. The third-order valence-electron chi connectivity index (χ3n) is 7.68. The van der Waals surface area contributed by atoms with E-state index >= 15 is 0 Å². The molecular weight excluding hydrogens is 504 g/mol. The fourth-order valence-corrected chi connectivity index (χ4v) is 5.36. The average Bonchev–Trinajstić information content (AvgIpc) is 2.97. The second kappa shape index (κ2) is 14.5. The molecule has 1 saturated heterocycles. The molecule has 0 radical (unpaired) electrons. The van der Waals surface area contributed by atoms with Crippen LogP contribution in [0.2, 0.25) is 5.02 Å². The van der Waals surface area contributed by atoms with E-state index in [1.807, 2.05) is 25.2 Å². The summed E-state index contributed by atoms with van der Waals surface area (Å²) in [5.74, 6) is 0. The molecule has 3 aromatic carbocycles. The lowest BCUT2D eigenvalue weighted by Gasteiger charge is -2.40. The van der Waals surface area contributed by atoms with Crippen LogP contribution in [0.4, 0.5) is 5.69 Å². The number of nitriles is 1. The molecule has 1 atom stereocenters. The van der Waals surface area contributed by atoms with Gasteiger partial charge in [-0.25, -0.2) is 0 Å². The topological polar surface area (TPSA) is 48.8 Å². The number of hydrogen-bond donors (Lipinski definition) is 1. The fraction of sp³-hybridized carbons (Fsp3) is 0.406. The van der Waals surface area contributed by atoms with Crippen molar-refractivity contribution in [2.24, 2.45) is 0 Å². The SMILES string of the molecule is CNCCN(C)CCN(C)c1ccc(C#N)c(CN2CCN(C(c3ccccc3)c3ccc(Cl)cc3)CC2)c1. The van der Waals surface area contributed by atoms with Crippen molar-refractivity contribution in [1.29, 1.82) is 5.26 Å². The predicted molar refractivity (Wildman–Crippen MR) is 162 cm³/mol. The van der Waals surface area contributed by atoms with Crippen LogP contribution in [-0.4, -0.2) is 88.2 Å². The van der Waals surface area contributed by atoms with Gasteiger partial charge in [-0.15, -0.1) is 0 Å². The van der Waals surface area contributed by atoms with Crippen LogP contribution in [0.1, 0.15) is 28.3 Å². The zero-order chi connectivity index (χ0) is 27.6. The summed E-state index contributed by atoms with van der Waals surface area (Å²) in [6.45, 7) is 8.57. The molecular formula is C32H41ClN6. The Balaban J connectivity index is 1.41. The number of nitrogens with one attached hydrogen (secondary N) is 1. The minimum Gasteiger partial charge on any atom is -0.373 e. The summed E-state index contributed by atoms with van der Waals surface area (Å²) < 4.78 is 0. The van der Waals surface area contributed by atoms with Crippen LogP contribution in [0.5, 0.6) is 0 Å². The summed E-state index contributed by atoms with van der Waals surface area (Å²) in [7, 11) is 6.28. The van der Waals surface area contributed by atoms with E-state index in [0.29, 0.717) is 0 Å². The first-order chi connectivity index (χ1) is 19.0. The van der Waals surface area contributed by atoms with Crippen LogP contribution in [0, 0.1) is 11.3 Å². The molecule has 0 spiro atoms. The molecule has 6 nitrogen and oxygen atoms in total. The van der Waals surface area contributed by atoms with Gasteiger partial charge in [0.2, 0.25) is 0 Å². The Kier molecular flexibility index (Phi) is 10.8. The minimum atomic E-state index is 0.198. The quantitative estimate of drug-likeness (QED) is 0.356. The van der Waals surface area contributed by atoms with E-state index in [-0.39, 0.29) is 6.04 Å². The van der Waals surface area contributed by atoms with Crippen molar-refractivity contribution in [3.8, 4) is 6.07 Å². The Morgan fingerprint density at radius 2 is 1.59 bits per heavy atom. The highest BCUT2D eigenvalue weighted by Gasteiger charge is 2.27. The molecule has 1 aliphatic heterocycles. The van der Waals surface area contributed by atoms with E-state index in [9.17, 15) is 5.26 Å². The first-order valence-electron chi connectivity index (χ1n) is 13.8. The van der Waals surface area contributed by atoms with Crippen LogP contribution < -0.4 is 10.2 Å². The Labute approximate surface area is 239 Å². The molecule has 0 amide bonds. The monoisotopic (exact) mass is 544 g/mol. The van der Waals surface area contributed by atoms with Crippen molar-refractivity contribution in [3.05, 3.63) is 100 Å². The second-order valence-electron chi connectivity index (χ2n) is 10.5. The number of anilines is 1. The van der Waals surface area contributed by atoms with E-state index in [1.54, 1.807) is 0 Å². The van der Waals surface area contributed by atoms with E-state index in [2.05, 4.69) is 99.7 Å². The van der Waals surface area contributed by atoms with Gasteiger partial charge in [0.25, 0.3) is 0 Å². The second-order valence-corrected chi connectivity index (χ2v) is 10.9. The Hall–Kier alpha value is -2.92. The smallest absolute Gasteiger partial charge is 0.0995 e. The van der Waals surface area contributed by atoms with Crippen molar-refractivity contribution in [2.45, 2.75) is 12.6 Å². The van der Waals surface area contributed by atoms with Gasteiger partial charge in [0, 0.05) is 76.7 Å². The van der Waals surface area contributed by atoms with Crippen LogP contribution >= 0.6 is 11.6 Å². The number of nitrogens with zero attached hydrogens (tertiary/aromatic N) is 5. The predicted octanol–water partition coefficient (Wildman–Crippen LogP) is 4.71. The molecule has 0 aromatic heterocycles. The van der Waals surface area contributed by atoms with Gasteiger partial charge in [-0.1, -0.05) is 54.1 Å². The molecule has 4 rings (SSSR count). The van der Waals surface area contributed by atoms with Crippen molar-refractivity contribution < 1.29 is 0 Å². The summed E-state index contributed by atoms with van der Waals surface area (Å²) in [5, 5.41) is 13.8. The highest BCUT2D eigenvalue weighted by molar-refractivity contribution is 6.30.